The van der Waals surface area contributed by atoms with Crippen molar-refractivity contribution < 1.29 is 9.53 Å². The molecule has 0 heterocycles. The number of methoxy groups -OCH3 is 1. The van der Waals surface area contributed by atoms with Gasteiger partial charge in [0.15, 0.2) is 0 Å². The van der Waals surface area contributed by atoms with E-state index >= 15 is 0 Å². The summed E-state index contributed by atoms with van der Waals surface area (Å²) in [5.41, 5.74) is 1.31. The van der Waals surface area contributed by atoms with Crippen molar-refractivity contribution in [2.75, 3.05) is 7.11 Å². The molecule has 3 heteroatoms. The largest absolute Gasteiger partial charge is 0.469 e. The molecule has 0 aliphatic rings. The van der Waals surface area contributed by atoms with Crippen LogP contribution in [0.15, 0.2) is 30.3 Å². The highest BCUT2D eigenvalue weighted by atomic mass is 28.3. The van der Waals surface area contributed by atoms with Crippen LogP contribution < -0.4 is 0 Å². The van der Waals surface area contributed by atoms with E-state index in [1.807, 2.05) is 18.2 Å². The summed E-state index contributed by atoms with van der Waals surface area (Å²) in [6.45, 7) is 4.37. The third kappa shape index (κ3) is 3.51. The molecule has 0 aliphatic carbocycles. The van der Waals surface area contributed by atoms with Crippen molar-refractivity contribution in [2.24, 2.45) is 0 Å². The van der Waals surface area contributed by atoms with Gasteiger partial charge in [0.2, 0.25) is 0 Å². The Morgan fingerprint density at radius 1 is 1.33 bits per heavy atom. The number of rotatable bonds is 4. The second kappa shape index (κ2) is 5.71. The molecule has 0 saturated heterocycles. The van der Waals surface area contributed by atoms with Gasteiger partial charge in [0.25, 0.3) is 0 Å². The molecule has 0 saturated carbocycles. The van der Waals surface area contributed by atoms with Crippen molar-refractivity contribution in [3.63, 3.8) is 0 Å². The van der Waals surface area contributed by atoms with Gasteiger partial charge >= 0.3 is 5.97 Å². The Morgan fingerprint density at radius 3 is 2.40 bits per heavy atom. The minimum Gasteiger partial charge on any atom is -0.469 e. The Bertz CT molecular complexity index is 309. The highest BCUT2D eigenvalue weighted by Gasteiger charge is 2.23. The summed E-state index contributed by atoms with van der Waals surface area (Å²) in [5.74, 6) is -0.0551. The average molecular weight is 222 g/mol. The molecule has 0 radical (unpaired) electrons. The van der Waals surface area contributed by atoms with E-state index in [-0.39, 0.29) is 11.5 Å². The normalized spacial score (nSPS) is 12.5. The van der Waals surface area contributed by atoms with Crippen LogP contribution in [0.2, 0.25) is 18.6 Å². The maximum atomic E-state index is 11.6. The zero-order valence-corrected chi connectivity index (χ0v) is 10.7. The number of esters is 1. The van der Waals surface area contributed by atoms with E-state index in [4.69, 9.17) is 4.74 Å². The Kier molecular flexibility index (Phi) is 4.56. The lowest BCUT2D eigenvalue weighted by Crippen LogP contribution is -2.24. The first-order chi connectivity index (χ1) is 7.15. The summed E-state index contributed by atoms with van der Waals surface area (Å²) >= 11 is 0. The summed E-state index contributed by atoms with van der Waals surface area (Å²) < 4.78 is 4.84. The SMILES string of the molecule is COC(=O)C(Cc1ccccc1)[SiH](C)C. The molecule has 0 fully saturated rings. The predicted octanol–water partition coefficient (Wildman–Crippen LogP) is 2.26. The quantitative estimate of drug-likeness (QED) is 0.577. The molecule has 0 bridgehead atoms. The molecule has 82 valence electrons. The Labute approximate surface area is 92.9 Å². The summed E-state index contributed by atoms with van der Waals surface area (Å²) in [6.07, 6.45) is 0.817. The molecule has 15 heavy (non-hydrogen) atoms. The average Bonchev–Trinajstić information content (AvgIpc) is 2.26. The summed E-state index contributed by atoms with van der Waals surface area (Å²) in [4.78, 5) is 11.6. The van der Waals surface area contributed by atoms with Gasteiger partial charge in [-0.05, 0) is 12.0 Å². The van der Waals surface area contributed by atoms with Gasteiger partial charge in [0.05, 0.1) is 12.7 Å². The topological polar surface area (TPSA) is 26.3 Å². The Morgan fingerprint density at radius 2 is 1.93 bits per heavy atom. The van der Waals surface area contributed by atoms with Gasteiger partial charge in [-0.1, -0.05) is 43.4 Å². The lowest BCUT2D eigenvalue weighted by molar-refractivity contribution is -0.140. The molecule has 0 spiro atoms. The summed E-state index contributed by atoms with van der Waals surface area (Å²) in [5, 5.41) is 0. The van der Waals surface area contributed by atoms with Crippen molar-refractivity contribution in [1.82, 2.24) is 0 Å². The Balaban J connectivity index is 2.72. The van der Waals surface area contributed by atoms with Crippen LogP contribution in [0.1, 0.15) is 5.56 Å². The van der Waals surface area contributed by atoms with Crippen LogP contribution in [-0.4, -0.2) is 21.9 Å². The van der Waals surface area contributed by atoms with Crippen molar-refractivity contribution in [3.8, 4) is 0 Å². The number of ether oxygens (including phenoxy) is 1. The lowest BCUT2D eigenvalue weighted by Gasteiger charge is -2.17. The maximum absolute atomic E-state index is 11.6. The Hall–Kier alpha value is -1.09. The molecule has 1 unspecified atom stereocenters. The van der Waals surface area contributed by atoms with Crippen LogP contribution in [0.3, 0.4) is 0 Å². The first-order valence-corrected chi connectivity index (χ1v) is 8.24. The van der Waals surface area contributed by atoms with Crippen molar-refractivity contribution in [1.29, 1.82) is 0 Å². The third-order valence-corrected chi connectivity index (χ3v) is 4.72. The zero-order chi connectivity index (χ0) is 11.3. The molecule has 0 aromatic heterocycles. The van der Waals surface area contributed by atoms with E-state index < -0.39 is 8.80 Å². The van der Waals surface area contributed by atoms with Crippen LogP contribution in [0.5, 0.6) is 0 Å². The summed E-state index contributed by atoms with van der Waals surface area (Å²) in [6, 6.07) is 10.1. The van der Waals surface area contributed by atoms with Gasteiger partial charge in [-0.15, -0.1) is 0 Å². The van der Waals surface area contributed by atoms with E-state index in [0.29, 0.717) is 0 Å². The van der Waals surface area contributed by atoms with Gasteiger partial charge in [0.1, 0.15) is 0 Å². The van der Waals surface area contributed by atoms with Crippen molar-refractivity contribution >= 4 is 14.8 Å². The van der Waals surface area contributed by atoms with E-state index in [0.717, 1.165) is 6.42 Å². The second-order valence-electron chi connectivity index (χ2n) is 4.06. The highest BCUT2D eigenvalue weighted by molar-refractivity contribution is 6.61. The van der Waals surface area contributed by atoms with E-state index in [9.17, 15) is 4.79 Å². The van der Waals surface area contributed by atoms with Crippen LogP contribution in [0.25, 0.3) is 0 Å². The summed E-state index contributed by atoms with van der Waals surface area (Å²) in [7, 11) is 0.464. The second-order valence-corrected chi connectivity index (χ2v) is 7.36. The molecule has 1 aromatic rings. The van der Waals surface area contributed by atoms with Gasteiger partial charge in [-0.25, -0.2) is 0 Å². The predicted molar refractivity (Wildman–Crippen MR) is 64.8 cm³/mol. The monoisotopic (exact) mass is 222 g/mol. The molecular weight excluding hydrogens is 204 g/mol. The van der Waals surface area contributed by atoms with E-state index in [1.54, 1.807) is 0 Å². The van der Waals surface area contributed by atoms with Gasteiger partial charge in [0, 0.05) is 8.80 Å². The van der Waals surface area contributed by atoms with E-state index in [1.165, 1.54) is 12.7 Å². The number of hydrogen-bond acceptors (Lipinski definition) is 2. The molecule has 0 N–H and O–H groups in total. The fourth-order valence-corrected chi connectivity index (χ4v) is 3.03. The molecule has 1 rings (SSSR count). The van der Waals surface area contributed by atoms with Crippen LogP contribution in [0.4, 0.5) is 0 Å². The van der Waals surface area contributed by atoms with Crippen molar-refractivity contribution in [3.05, 3.63) is 35.9 Å². The van der Waals surface area contributed by atoms with Gasteiger partial charge < -0.3 is 4.74 Å². The molecule has 2 nitrogen and oxygen atoms in total. The molecule has 0 amide bonds. The van der Waals surface area contributed by atoms with Gasteiger partial charge in [-0.3, -0.25) is 4.79 Å². The maximum Gasteiger partial charge on any atom is 0.305 e. The fraction of sp³-hybridized carbons (Fsp3) is 0.417. The third-order valence-electron chi connectivity index (χ3n) is 2.61. The molecule has 1 aromatic carbocycles. The fourth-order valence-electron chi connectivity index (χ4n) is 1.61. The lowest BCUT2D eigenvalue weighted by atomic mass is 10.1. The zero-order valence-electron chi connectivity index (χ0n) is 9.57. The first kappa shape index (κ1) is 12.0. The van der Waals surface area contributed by atoms with E-state index in [2.05, 4.69) is 25.2 Å². The molecule has 0 aliphatic heterocycles. The number of carbonyl (C=O) groups is 1. The number of carbonyl (C=O) groups excluding carboxylic acids is 1. The molecule has 1 atom stereocenters. The number of hydrogen-bond donors (Lipinski definition) is 0. The van der Waals surface area contributed by atoms with Gasteiger partial charge in [-0.2, -0.15) is 0 Å². The van der Waals surface area contributed by atoms with Crippen LogP contribution in [-0.2, 0) is 16.0 Å². The number of benzene rings is 1. The highest BCUT2D eigenvalue weighted by Crippen LogP contribution is 2.19. The van der Waals surface area contributed by atoms with Crippen LogP contribution >= 0.6 is 0 Å². The van der Waals surface area contributed by atoms with Crippen molar-refractivity contribution in [2.45, 2.75) is 25.1 Å². The standard InChI is InChI=1S/C12H18O2Si/c1-14-12(13)11(15(2)3)9-10-7-5-4-6-8-10/h4-8,11,15H,9H2,1-3H3. The minimum absolute atomic E-state index is 0.0551. The van der Waals surface area contributed by atoms with Crippen LogP contribution in [0, 0.1) is 0 Å². The smallest absolute Gasteiger partial charge is 0.305 e. The molecular formula is C12H18O2Si. The minimum atomic E-state index is -1.01. The first-order valence-electron chi connectivity index (χ1n) is 5.27.